The highest BCUT2D eigenvalue weighted by Crippen LogP contribution is 2.56. The van der Waals surface area contributed by atoms with E-state index in [9.17, 15) is 0 Å². The Labute approximate surface area is 106 Å². The van der Waals surface area contributed by atoms with Crippen molar-refractivity contribution in [3.8, 4) is 0 Å². The van der Waals surface area contributed by atoms with Crippen molar-refractivity contribution in [2.75, 3.05) is 19.1 Å². The smallest absolute Gasteiger partial charge is 0.107 e. The van der Waals surface area contributed by atoms with Crippen LogP contribution in [0.2, 0.25) is 0 Å². The normalized spacial score (nSPS) is 15.6. The van der Waals surface area contributed by atoms with Crippen LogP contribution in [0.3, 0.4) is 0 Å². The van der Waals surface area contributed by atoms with Gasteiger partial charge in [-0.3, -0.25) is 4.98 Å². The fourth-order valence-electron chi connectivity index (χ4n) is 1.24. The van der Waals surface area contributed by atoms with Crippen LogP contribution in [0, 0.1) is 0 Å². The van der Waals surface area contributed by atoms with Gasteiger partial charge >= 0.3 is 0 Å². The van der Waals surface area contributed by atoms with Crippen LogP contribution in [0.25, 0.3) is 0 Å². The largest absolute Gasteiger partial charge is 0.328 e. The summed E-state index contributed by atoms with van der Waals surface area (Å²) >= 11 is 0. The molecule has 0 aliphatic carbocycles. The number of nitrogens with two attached hydrogens (primary N) is 1. The second kappa shape index (κ2) is 5.38. The third kappa shape index (κ3) is 3.69. The summed E-state index contributed by atoms with van der Waals surface area (Å²) in [7, 11) is -1.16. The number of rotatable bonds is 4. The maximum absolute atomic E-state index is 6.27. The summed E-state index contributed by atoms with van der Waals surface area (Å²) in [5, 5.41) is 0. The molecule has 0 spiro atoms. The topological polar surface area (TPSA) is 48.1 Å². The van der Waals surface area contributed by atoms with E-state index in [0.29, 0.717) is 6.54 Å². The molecular weight excluding hydrogens is 232 g/mol. The van der Waals surface area contributed by atoms with Crippen molar-refractivity contribution in [2.45, 2.75) is 31.6 Å². The molecule has 1 aromatic rings. The Morgan fingerprint density at radius 2 is 1.82 bits per heavy atom. The maximum atomic E-state index is 6.27. The van der Waals surface area contributed by atoms with E-state index in [1.165, 1.54) is 0 Å². The lowest BCUT2D eigenvalue weighted by atomic mass is 10.1. The fraction of sp³-hybridized carbons (Fsp3) is 0.615. The van der Waals surface area contributed by atoms with Crippen molar-refractivity contribution in [3.63, 3.8) is 0 Å². The lowest BCUT2D eigenvalue weighted by molar-refractivity contribution is 0.240. The quantitative estimate of drug-likeness (QED) is 0.901. The molecule has 0 amide bonds. The van der Waals surface area contributed by atoms with Gasteiger partial charge in [0.2, 0.25) is 0 Å². The summed E-state index contributed by atoms with van der Waals surface area (Å²) < 4.78 is 6.41. The molecule has 1 rings (SSSR count). The Bertz CT molecular complexity index is 346. The van der Waals surface area contributed by atoms with Crippen LogP contribution in [-0.4, -0.2) is 28.8 Å². The Balaban J connectivity index is 2.85. The number of pyridine rings is 1. The van der Waals surface area contributed by atoms with Crippen LogP contribution < -0.4 is 5.73 Å². The van der Waals surface area contributed by atoms with Gasteiger partial charge in [-0.25, -0.2) is 0 Å². The van der Waals surface area contributed by atoms with Crippen LogP contribution in [0.15, 0.2) is 24.5 Å². The molecule has 1 heterocycles. The summed E-state index contributed by atoms with van der Waals surface area (Å²) in [6.45, 7) is 7.13. The third-order valence-corrected chi connectivity index (χ3v) is 6.79. The lowest BCUT2D eigenvalue weighted by Crippen LogP contribution is -2.28. The zero-order chi connectivity index (χ0) is 13.1. The number of nitrogens with zero attached hydrogens (tertiary/aromatic N) is 1. The van der Waals surface area contributed by atoms with Crippen molar-refractivity contribution in [3.05, 3.63) is 30.1 Å². The molecule has 0 radical (unpaired) electrons. The van der Waals surface area contributed by atoms with Crippen molar-refractivity contribution in [1.82, 2.24) is 4.98 Å². The molecule has 98 valence electrons. The SMILES string of the molecule is CC(C)(C)S(C)(C)OC(CN)c1ccncc1. The van der Waals surface area contributed by atoms with E-state index < -0.39 is 10.3 Å². The van der Waals surface area contributed by atoms with E-state index in [1.807, 2.05) is 12.1 Å². The summed E-state index contributed by atoms with van der Waals surface area (Å²) in [5.74, 6) is 0. The molecule has 0 fully saturated rings. The van der Waals surface area contributed by atoms with Gasteiger partial charge in [0, 0.05) is 23.7 Å². The average molecular weight is 256 g/mol. The molecule has 0 aromatic carbocycles. The predicted molar refractivity (Wildman–Crippen MR) is 76.3 cm³/mol. The zero-order valence-corrected chi connectivity index (χ0v) is 12.3. The molecule has 2 N–H and O–H groups in total. The molecule has 3 nitrogen and oxygen atoms in total. The molecule has 1 atom stereocenters. The van der Waals surface area contributed by atoms with Crippen LogP contribution in [0.4, 0.5) is 0 Å². The maximum Gasteiger partial charge on any atom is 0.107 e. The molecule has 0 aliphatic heterocycles. The van der Waals surface area contributed by atoms with E-state index in [-0.39, 0.29) is 10.9 Å². The van der Waals surface area contributed by atoms with Gasteiger partial charge in [0.25, 0.3) is 0 Å². The van der Waals surface area contributed by atoms with E-state index in [1.54, 1.807) is 12.4 Å². The van der Waals surface area contributed by atoms with Gasteiger partial charge in [-0.1, -0.05) is 20.8 Å². The summed E-state index contributed by atoms with van der Waals surface area (Å²) in [6.07, 6.45) is 7.90. The minimum Gasteiger partial charge on any atom is -0.328 e. The van der Waals surface area contributed by atoms with Gasteiger partial charge in [0.1, 0.15) is 6.10 Å². The number of hydrogen-bond donors (Lipinski definition) is 1. The zero-order valence-electron chi connectivity index (χ0n) is 11.4. The molecule has 17 heavy (non-hydrogen) atoms. The van der Waals surface area contributed by atoms with Crippen molar-refractivity contribution in [2.24, 2.45) is 5.73 Å². The standard InChI is InChI=1S/C13H24N2OS/c1-13(2,3)17(4,5)16-12(10-14)11-6-8-15-9-7-11/h6-9,12H,10,14H2,1-5H3. The highest BCUT2D eigenvalue weighted by Gasteiger charge is 2.31. The van der Waals surface area contributed by atoms with Crippen LogP contribution in [0.5, 0.6) is 0 Å². The predicted octanol–water partition coefficient (Wildman–Crippen LogP) is 2.88. The summed E-state index contributed by atoms with van der Waals surface area (Å²) in [4.78, 5) is 4.02. The minimum atomic E-state index is -1.16. The van der Waals surface area contributed by atoms with Gasteiger partial charge in [0.15, 0.2) is 0 Å². The van der Waals surface area contributed by atoms with E-state index in [4.69, 9.17) is 9.92 Å². The lowest BCUT2D eigenvalue weighted by Gasteiger charge is -2.45. The highest BCUT2D eigenvalue weighted by molar-refractivity contribution is 8.29. The highest BCUT2D eigenvalue weighted by atomic mass is 32.3. The summed E-state index contributed by atoms with van der Waals surface area (Å²) in [6, 6.07) is 3.94. The van der Waals surface area contributed by atoms with Crippen molar-refractivity contribution >= 4 is 10.3 Å². The molecule has 0 saturated carbocycles. The first-order valence-corrected chi connectivity index (χ1v) is 8.16. The van der Waals surface area contributed by atoms with E-state index in [2.05, 4.69) is 38.3 Å². The third-order valence-electron chi connectivity index (χ3n) is 3.12. The summed E-state index contributed by atoms with van der Waals surface area (Å²) in [5.41, 5.74) is 6.93. The van der Waals surface area contributed by atoms with Gasteiger partial charge in [-0.15, -0.1) is 10.3 Å². The first-order chi connectivity index (χ1) is 7.78. The molecule has 1 aromatic heterocycles. The Kier molecular flexibility index (Phi) is 4.58. The van der Waals surface area contributed by atoms with Gasteiger partial charge in [-0.2, -0.15) is 0 Å². The monoisotopic (exact) mass is 256 g/mol. The Morgan fingerprint density at radius 1 is 1.29 bits per heavy atom. The van der Waals surface area contributed by atoms with Gasteiger partial charge < -0.3 is 9.92 Å². The Morgan fingerprint density at radius 3 is 2.24 bits per heavy atom. The first-order valence-electron chi connectivity index (χ1n) is 5.79. The Hall–Kier alpha value is -0.580. The first kappa shape index (κ1) is 14.5. The van der Waals surface area contributed by atoms with Crippen LogP contribution in [-0.2, 0) is 4.18 Å². The van der Waals surface area contributed by atoms with Crippen molar-refractivity contribution < 1.29 is 4.18 Å². The van der Waals surface area contributed by atoms with Gasteiger partial charge in [0.05, 0.1) is 0 Å². The molecule has 0 saturated heterocycles. The minimum absolute atomic E-state index is 0.0396. The average Bonchev–Trinajstić information content (AvgIpc) is 2.25. The number of hydrogen-bond acceptors (Lipinski definition) is 3. The molecular formula is C13H24N2OS. The van der Waals surface area contributed by atoms with Crippen molar-refractivity contribution in [1.29, 1.82) is 0 Å². The van der Waals surface area contributed by atoms with Gasteiger partial charge in [-0.05, 0) is 30.2 Å². The molecule has 0 bridgehead atoms. The van der Waals surface area contributed by atoms with E-state index >= 15 is 0 Å². The second-order valence-electron chi connectivity index (χ2n) is 5.45. The molecule has 4 heteroatoms. The second-order valence-corrected chi connectivity index (χ2v) is 9.33. The van der Waals surface area contributed by atoms with Crippen LogP contribution >= 0.6 is 10.3 Å². The van der Waals surface area contributed by atoms with E-state index in [0.717, 1.165) is 5.56 Å². The molecule has 0 aliphatic rings. The number of aromatic nitrogens is 1. The van der Waals surface area contributed by atoms with Crippen LogP contribution in [0.1, 0.15) is 32.4 Å². The fourth-order valence-corrected chi connectivity index (χ4v) is 2.30. The molecule has 1 unspecified atom stereocenters.